The van der Waals surface area contributed by atoms with E-state index in [2.05, 4.69) is 15.2 Å². The largest absolute Gasteiger partial charge is 0.341 e. The lowest BCUT2D eigenvalue weighted by molar-refractivity contribution is -0.135. The van der Waals surface area contributed by atoms with E-state index >= 15 is 0 Å². The van der Waals surface area contributed by atoms with Gasteiger partial charge in [-0.1, -0.05) is 11.8 Å². The zero-order valence-electron chi connectivity index (χ0n) is 9.19. The Bertz CT molecular complexity index is 418. The summed E-state index contributed by atoms with van der Waals surface area (Å²) in [6.45, 7) is 3.80. The number of carbonyl (C=O) groups excluding carboxylic acids is 1. The predicted octanol–water partition coefficient (Wildman–Crippen LogP) is 0.828. The molecule has 1 N–H and O–H groups in total. The molecule has 5 nitrogen and oxygen atoms in total. The molecule has 0 unspecified atom stereocenters. The molecule has 1 saturated heterocycles. The van der Waals surface area contributed by atoms with Crippen molar-refractivity contribution in [2.45, 2.75) is 24.9 Å². The van der Waals surface area contributed by atoms with Crippen LogP contribution in [0.1, 0.15) is 18.7 Å². The van der Waals surface area contributed by atoms with Gasteiger partial charge >= 0.3 is 0 Å². The van der Waals surface area contributed by atoms with Crippen LogP contribution in [0.25, 0.3) is 0 Å². The quantitative estimate of drug-likeness (QED) is 0.792. The SMILES string of the molecule is Cc1nc(SCC(=O)N2CC3(CC3)C2)n[nH]1. The monoisotopic (exact) mass is 238 g/mol. The van der Waals surface area contributed by atoms with E-state index in [4.69, 9.17) is 0 Å². The Balaban J connectivity index is 1.46. The summed E-state index contributed by atoms with van der Waals surface area (Å²) in [6, 6.07) is 0. The lowest BCUT2D eigenvalue weighted by Crippen LogP contribution is -2.52. The third kappa shape index (κ3) is 1.81. The second-order valence-electron chi connectivity index (χ2n) is 4.74. The zero-order chi connectivity index (χ0) is 11.2. The first-order valence-corrected chi connectivity index (χ1v) is 6.45. The number of hydrogen-bond donors (Lipinski definition) is 1. The van der Waals surface area contributed by atoms with Crippen molar-refractivity contribution in [3.05, 3.63) is 5.82 Å². The number of carbonyl (C=O) groups is 1. The number of nitrogens with zero attached hydrogens (tertiary/aromatic N) is 3. The third-order valence-electron chi connectivity index (χ3n) is 3.26. The number of thioether (sulfide) groups is 1. The Hall–Kier alpha value is -1.04. The molecule has 1 aliphatic carbocycles. The second-order valence-corrected chi connectivity index (χ2v) is 5.68. The van der Waals surface area contributed by atoms with Crippen LogP contribution >= 0.6 is 11.8 Å². The molecule has 0 atom stereocenters. The normalized spacial score (nSPS) is 20.9. The molecule has 2 fully saturated rings. The molecular weight excluding hydrogens is 224 g/mol. The van der Waals surface area contributed by atoms with Crippen LogP contribution in [0.15, 0.2) is 5.16 Å². The summed E-state index contributed by atoms with van der Waals surface area (Å²) in [7, 11) is 0. The Morgan fingerprint density at radius 2 is 2.31 bits per heavy atom. The molecule has 1 spiro atoms. The summed E-state index contributed by atoms with van der Waals surface area (Å²) in [5, 5.41) is 7.41. The topological polar surface area (TPSA) is 61.9 Å². The minimum Gasteiger partial charge on any atom is -0.341 e. The first-order chi connectivity index (χ1) is 7.67. The van der Waals surface area contributed by atoms with Crippen LogP contribution in [0.4, 0.5) is 0 Å². The summed E-state index contributed by atoms with van der Waals surface area (Å²) in [6.07, 6.45) is 2.62. The highest BCUT2D eigenvalue weighted by molar-refractivity contribution is 7.99. The van der Waals surface area contributed by atoms with E-state index in [9.17, 15) is 4.79 Å². The maximum Gasteiger partial charge on any atom is 0.233 e. The molecule has 86 valence electrons. The Labute approximate surface area is 98.0 Å². The van der Waals surface area contributed by atoms with Crippen molar-refractivity contribution < 1.29 is 4.79 Å². The Kier molecular flexibility index (Phi) is 2.20. The predicted molar refractivity (Wildman–Crippen MR) is 60.1 cm³/mol. The molecule has 1 amide bonds. The summed E-state index contributed by atoms with van der Waals surface area (Å²) in [4.78, 5) is 17.9. The Morgan fingerprint density at radius 1 is 1.56 bits per heavy atom. The fourth-order valence-corrected chi connectivity index (χ4v) is 2.78. The van der Waals surface area contributed by atoms with Crippen molar-refractivity contribution in [2.24, 2.45) is 5.41 Å². The van der Waals surface area contributed by atoms with E-state index < -0.39 is 0 Å². The number of nitrogens with one attached hydrogen (secondary N) is 1. The lowest BCUT2D eigenvalue weighted by Gasteiger charge is -2.39. The van der Waals surface area contributed by atoms with Crippen LogP contribution in [-0.2, 0) is 4.79 Å². The van der Waals surface area contributed by atoms with Gasteiger partial charge in [-0.3, -0.25) is 9.89 Å². The van der Waals surface area contributed by atoms with Gasteiger partial charge in [0.1, 0.15) is 5.82 Å². The van der Waals surface area contributed by atoms with Gasteiger partial charge in [0.05, 0.1) is 5.75 Å². The highest BCUT2D eigenvalue weighted by Crippen LogP contribution is 2.52. The van der Waals surface area contributed by atoms with Crippen LogP contribution < -0.4 is 0 Å². The minimum absolute atomic E-state index is 0.213. The van der Waals surface area contributed by atoms with Crippen molar-refractivity contribution in [2.75, 3.05) is 18.8 Å². The van der Waals surface area contributed by atoms with Crippen LogP contribution in [-0.4, -0.2) is 44.8 Å². The van der Waals surface area contributed by atoms with Gasteiger partial charge in [-0.2, -0.15) is 0 Å². The fourth-order valence-electron chi connectivity index (χ4n) is 2.04. The molecule has 0 bridgehead atoms. The zero-order valence-corrected chi connectivity index (χ0v) is 10.0. The summed E-state index contributed by atoms with van der Waals surface area (Å²) in [5.41, 5.74) is 0.543. The number of aryl methyl sites for hydroxylation is 1. The number of aromatic nitrogens is 3. The van der Waals surface area contributed by atoms with E-state index in [1.54, 1.807) is 0 Å². The molecule has 0 aromatic carbocycles. The maximum atomic E-state index is 11.8. The van der Waals surface area contributed by atoms with Crippen molar-refractivity contribution in [3.8, 4) is 0 Å². The molecule has 1 aromatic rings. The van der Waals surface area contributed by atoms with Gasteiger partial charge in [0.25, 0.3) is 0 Å². The standard InChI is InChI=1S/C10H14N4OS/c1-7-11-9(13-12-7)16-4-8(15)14-5-10(6-14)2-3-10/h2-6H2,1H3,(H,11,12,13). The van der Waals surface area contributed by atoms with Gasteiger partial charge in [0.2, 0.25) is 11.1 Å². The molecular formula is C10H14N4OS. The number of H-pyrrole nitrogens is 1. The van der Waals surface area contributed by atoms with Crippen LogP contribution in [0.5, 0.6) is 0 Å². The van der Waals surface area contributed by atoms with Crippen LogP contribution in [0.3, 0.4) is 0 Å². The second kappa shape index (κ2) is 3.48. The molecule has 2 aliphatic rings. The average molecular weight is 238 g/mol. The lowest BCUT2D eigenvalue weighted by atomic mass is 9.97. The average Bonchev–Trinajstić information content (AvgIpc) is 2.91. The molecule has 1 aliphatic heterocycles. The smallest absolute Gasteiger partial charge is 0.233 e. The molecule has 1 aromatic heterocycles. The van der Waals surface area contributed by atoms with E-state index in [1.807, 2.05) is 11.8 Å². The molecule has 0 radical (unpaired) electrons. The van der Waals surface area contributed by atoms with Gasteiger partial charge < -0.3 is 4.90 Å². The van der Waals surface area contributed by atoms with Crippen molar-refractivity contribution in [1.29, 1.82) is 0 Å². The molecule has 16 heavy (non-hydrogen) atoms. The van der Waals surface area contributed by atoms with Gasteiger partial charge in [0.15, 0.2) is 0 Å². The third-order valence-corrected chi connectivity index (χ3v) is 4.10. The first kappa shape index (κ1) is 10.1. The Morgan fingerprint density at radius 3 is 2.88 bits per heavy atom. The number of rotatable bonds is 3. The number of likely N-dealkylation sites (tertiary alicyclic amines) is 1. The number of amides is 1. The van der Waals surface area contributed by atoms with Crippen LogP contribution in [0.2, 0.25) is 0 Å². The number of aromatic amines is 1. The van der Waals surface area contributed by atoms with Crippen molar-refractivity contribution >= 4 is 17.7 Å². The van der Waals surface area contributed by atoms with Gasteiger partial charge in [-0.05, 0) is 19.8 Å². The van der Waals surface area contributed by atoms with Crippen LogP contribution in [0, 0.1) is 12.3 Å². The number of hydrogen-bond acceptors (Lipinski definition) is 4. The summed E-state index contributed by atoms with van der Waals surface area (Å²) in [5.74, 6) is 1.45. The van der Waals surface area contributed by atoms with Crippen molar-refractivity contribution in [1.82, 2.24) is 20.1 Å². The van der Waals surface area contributed by atoms with E-state index in [0.717, 1.165) is 18.9 Å². The molecule has 3 rings (SSSR count). The molecule has 2 heterocycles. The highest BCUT2D eigenvalue weighted by Gasteiger charge is 2.53. The fraction of sp³-hybridized carbons (Fsp3) is 0.700. The van der Waals surface area contributed by atoms with Gasteiger partial charge in [-0.15, -0.1) is 5.10 Å². The van der Waals surface area contributed by atoms with Crippen molar-refractivity contribution in [3.63, 3.8) is 0 Å². The molecule has 6 heteroatoms. The van der Waals surface area contributed by atoms with Gasteiger partial charge in [-0.25, -0.2) is 4.98 Å². The summed E-state index contributed by atoms with van der Waals surface area (Å²) < 4.78 is 0. The minimum atomic E-state index is 0.213. The first-order valence-electron chi connectivity index (χ1n) is 5.47. The van der Waals surface area contributed by atoms with E-state index in [1.165, 1.54) is 24.6 Å². The van der Waals surface area contributed by atoms with E-state index in [0.29, 0.717) is 16.3 Å². The maximum absolute atomic E-state index is 11.8. The summed E-state index contributed by atoms with van der Waals surface area (Å²) >= 11 is 1.40. The van der Waals surface area contributed by atoms with E-state index in [-0.39, 0.29) is 5.91 Å². The van der Waals surface area contributed by atoms with Gasteiger partial charge in [0, 0.05) is 18.5 Å². The highest BCUT2D eigenvalue weighted by atomic mass is 32.2. The molecule has 1 saturated carbocycles.